The summed E-state index contributed by atoms with van der Waals surface area (Å²) in [6.07, 6.45) is 0.773. The summed E-state index contributed by atoms with van der Waals surface area (Å²) in [4.78, 5) is 33.9. The first kappa shape index (κ1) is 13.6. The van der Waals surface area contributed by atoms with Crippen LogP contribution >= 0.6 is 0 Å². The van der Waals surface area contributed by atoms with Crippen LogP contribution in [0.3, 0.4) is 0 Å². The summed E-state index contributed by atoms with van der Waals surface area (Å²) < 4.78 is 4.56. The van der Waals surface area contributed by atoms with Crippen LogP contribution in [0.1, 0.15) is 17.3 Å². The van der Waals surface area contributed by atoms with Gasteiger partial charge in [-0.2, -0.15) is 0 Å². The maximum absolute atomic E-state index is 11.7. The lowest BCUT2D eigenvalue weighted by Gasteiger charge is -2.02. The molecule has 0 fully saturated rings. The molecule has 0 amide bonds. The molecule has 0 aromatic heterocycles. The maximum atomic E-state index is 11.7. The second-order valence-corrected chi connectivity index (χ2v) is 3.31. The van der Waals surface area contributed by atoms with Crippen molar-refractivity contribution in [1.82, 2.24) is 0 Å². The third kappa shape index (κ3) is 3.55. The van der Waals surface area contributed by atoms with E-state index in [0.717, 1.165) is 6.08 Å². The van der Waals surface area contributed by atoms with Crippen LogP contribution in [0.4, 0.5) is 0 Å². The van der Waals surface area contributed by atoms with Crippen LogP contribution in [0.5, 0.6) is 0 Å². The molecule has 0 aliphatic heterocycles. The number of hydrogen-bond acceptors (Lipinski definition) is 4. The Morgan fingerprint density at radius 2 is 1.83 bits per heavy atom. The summed E-state index contributed by atoms with van der Waals surface area (Å²) >= 11 is 0. The van der Waals surface area contributed by atoms with Crippen LogP contribution in [0.2, 0.25) is 0 Å². The largest absolute Gasteiger partial charge is 0.477 e. The van der Waals surface area contributed by atoms with Crippen LogP contribution in [-0.2, 0) is 14.3 Å². The molecule has 0 unspecified atom stereocenters. The number of rotatable bonds is 5. The van der Waals surface area contributed by atoms with Gasteiger partial charge in [0.15, 0.2) is 5.78 Å². The Balaban J connectivity index is 3.00. The van der Waals surface area contributed by atoms with Crippen LogP contribution in [0, 0.1) is 0 Å². The van der Waals surface area contributed by atoms with Gasteiger partial charge in [0.1, 0.15) is 5.57 Å². The Morgan fingerprint density at radius 1 is 1.22 bits per heavy atom. The van der Waals surface area contributed by atoms with E-state index in [-0.39, 0.29) is 6.61 Å². The van der Waals surface area contributed by atoms with Gasteiger partial charge in [0.25, 0.3) is 0 Å². The van der Waals surface area contributed by atoms with Gasteiger partial charge in [-0.15, -0.1) is 0 Å². The van der Waals surface area contributed by atoms with Gasteiger partial charge in [0, 0.05) is 11.6 Å². The molecule has 5 nitrogen and oxygen atoms in total. The van der Waals surface area contributed by atoms with Gasteiger partial charge < -0.3 is 9.84 Å². The quantitative estimate of drug-likeness (QED) is 0.280. The number of allylic oxidation sites excluding steroid dienone is 1. The lowest BCUT2D eigenvalue weighted by atomic mass is 10.1. The molecular formula is C13H12O5. The van der Waals surface area contributed by atoms with Crippen LogP contribution in [-0.4, -0.2) is 29.4 Å². The van der Waals surface area contributed by atoms with Gasteiger partial charge in [-0.3, -0.25) is 4.79 Å². The Kier molecular flexibility index (Phi) is 4.80. The predicted octanol–water partition coefficient (Wildman–Crippen LogP) is 1.44. The molecule has 0 spiro atoms. The van der Waals surface area contributed by atoms with Crippen LogP contribution < -0.4 is 0 Å². The highest BCUT2D eigenvalue weighted by molar-refractivity contribution is 6.19. The van der Waals surface area contributed by atoms with Gasteiger partial charge >= 0.3 is 11.9 Å². The predicted molar refractivity (Wildman–Crippen MR) is 63.1 cm³/mol. The molecular weight excluding hydrogens is 236 g/mol. The number of esters is 1. The number of carbonyl (C=O) groups is 3. The Morgan fingerprint density at radius 3 is 2.33 bits per heavy atom. The van der Waals surface area contributed by atoms with E-state index in [1.54, 1.807) is 25.1 Å². The highest BCUT2D eigenvalue weighted by Gasteiger charge is 2.20. The SMILES string of the molecule is CCOC(=O)C(=CC(=O)c1ccccc1)C(=O)O. The van der Waals surface area contributed by atoms with Crippen molar-refractivity contribution in [2.75, 3.05) is 6.61 Å². The zero-order chi connectivity index (χ0) is 13.5. The molecule has 0 heterocycles. The summed E-state index contributed by atoms with van der Waals surface area (Å²) in [7, 11) is 0. The van der Waals surface area contributed by atoms with Gasteiger partial charge in [-0.1, -0.05) is 30.3 Å². The van der Waals surface area contributed by atoms with E-state index in [2.05, 4.69) is 4.74 Å². The molecule has 0 aliphatic rings. The van der Waals surface area contributed by atoms with Crippen molar-refractivity contribution >= 4 is 17.7 Å². The minimum Gasteiger partial charge on any atom is -0.477 e. The lowest BCUT2D eigenvalue weighted by Crippen LogP contribution is -2.17. The van der Waals surface area contributed by atoms with E-state index in [9.17, 15) is 14.4 Å². The molecule has 0 radical (unpaired) electrons. The molecule has 1 aromatic rings. The van der Waals surface area contributed by atoms with Crippen molar-refractivity contribution in [3.05, 3.63) is 47.5 Å². The van der Waals surface area contributed by atoms with Crippen molar-refractivity contribution in [3.8, 4) is 0 Å². The fraction of sp³-hybridized carbons (Fsp3) is 0.154. The smallest absolute Gasteiger partial charge is 0.345 e. The average Bonchev–Trinajstić information content (AvgIpc) is 2.36. The van der Waals surface area contributed by atoms with Crippen LogP contribution in [0.25, 0.3) is 0 Å². The number of ether oxygens (including phenoxy) is 1. The third-order valence-corrected chi connectivity index (χ3v) is 2.06. The Labute approximate surface area is 104 Å². The second kappa shape index (κ2) is 6.34. The second-order valence-electron chi connectivity index (χ2n) is 3.31. The molecule has 0 saturated carbocycles. The maximum Gasteiger partial charge on any atom is 0.345 e. The topological polar surface area (TPSA) is 80.7 Å². The van der Waals surface area contributed by atoms with Gasteiger partial charge in [0.2, 0.25) is 0 Å². The first-order valence-electron chi connectivity index (χ1n) is 5.27. The molecule has 1 aromatic carbocycles. The van der Waals surface area contributed by atoms with E-state index >= 15 is 0 Å². The monoisotopic (exact) mass is 248 g/mol. The molecule has 94 valence electrons. The minimum atomic E-state index is -1.49. The van der Waals surface area contributed by atoms with E-state index in [4.69, 9.17) is 5.11 Å². The average molecular weight is 248 g/mol. The molecule has 0 bridgehead atoms. The number of ketones is 1. The van der Waals surface area contributed by atoms with Crippen molar-refractivity contribution in [3.63, 3.8) is 0 Å². The highest BCUT2D eigenvalue weighted by Crippen LogP contribution is 2.06. The summed E-state index contributed by atoms with van der Waals surface area (Å²) in [6, 6.07) is 8.08. The number of carboxylic acid groups (broad SMARTS) is 1. The highest BCUT2D eigenvalue weighted by atomic mass is 16.5. The summed E-state index contributed by atoms with van der Waals surface area (Å²) in [6.45, 7) is 1.60. The lowest BCUT2D eigenvalue weighted by molar-refractivity contribution is -0.143. The first-order valence-corrected chi connectivity index (χ1v) is 5.27. The van der Waals surface area contributed by atoms with Crippen molar-refractivity contribution in [2.24, 2.45) is 0 Å². The number of carbonyl (C=O) groups excluding carboxylic acids is 2. The summed E-state index contributed by atoms with van der Waals surface area (Å²) in [5.41, 5.74) is -0.369. The molecule has 5 heteroatoms. The number of benzene rings is 1. The fourth-order valence-electron chi connectivity index (χ4n) is 1.23. The molecule has 1 rings (SSSR count). The van der Waals surface area contributed by atoms with Crippen molar-refractivity contribution in [1.29, 1.82) is 0 Å². The molecule has 0 atom stereocenters. The summed E-state index contributed by atoms with van der Waals surface area (Å²) in [5, 5.41) is 8.84. The normalized spacial score (nSPS) is 10.8. The molecule has 1 N–H and O–H groups in total. The standard InChI is InChI=1S/C13H12O5/c1-2-18-13(17)10(12(15)16)8-11(14)9-6-4-3-5-7-9/h3-8H,2H2,1H3,(H,15,16). The Bertz CT molecular complexity index is 487. The van der Waals surface area contributed by atoms with Gasteiger partial charge in [-0.05, 0) is 6.92 Å². The molecule has 0 saturated heterocycles. The van der Waals surface area contributed by atoms with Gasteiger partial charge in [-0.25, -0.2) is 9.59 Å². The zero-order valence-electron chi connectivity index (χ0n) is 9.75. The fourth-order valence-corrected chi connectivity index (χ4v) is 1.23. The molecule has 0 aliphatic carbocycles. The van der Waals surface area contributed by atoms with Gasteiger partial charge in [0.05, 0.1) is 6.61 Å². The van der Waals surface area contributed by atoms with E-state index in [1.807, 2.05) is 0 Å². The number of hydrogen-bond donors (Lipinski definition) is 1. The minimum absolute atomic E-state index is 0.0446. The third-order valence-electron chi connectivity index (χ3n) is 2.06. The van der Waals surface area contributed by atoms with Crippen molar-refractivity contribution < 1.29 is 24.2 Å². The van der Waals surface area contributed by atoms with E-state index in [0.29, 0.717) is 5.56 Å². The first-order chi connectivity index (χ1) is 8.56. The zero-order valence-corrected chi connectivity index (χ0v) is 9.75. The van der Waals surface area contributed by atoms with Crippen LogP contribution in [0.15, 0.2) is 42.0 Å². The molecule has 18 heavy (non-hydrogen) atoms. The van der Waals surface area contributed by atoms with Crippen molar-refractivity contribution in [2.45, 2.75) is 6.92 Å². The summed E-state index contributed by atoms with van der Waals surface area (Å²) in [5.74, 6) is -3.06. The number of aliphatic carboxylic acids is 1. The Hall–Kier alpha value is -2.43. The van der Waals surface area contributed by atoms with E-state index < -0.39 is 23.3 Å². The number of carboxylic acids is 1. The van der Waals surface area contributed by atoms with E-state index in [1.165, 1.54) is 12.1 Å².